The van der Waals surface area contributed by atoms with Crippen molar-refractivity contribution in [1.82, 2.24) is 0 Å². The first-order valence-corrected chi connectivity index (χ1v) is 7.14. The van der Waals surface area contributed by atoms with Crippen molar-refractivity contribution in [3.63, 3.8) is 0 Å². The Morgan fingerprint density at radius 2 is 2.06 bits per heavy atom. The standard InChI is InChI=1S/C9H14N2O3S2/c10-8-3-2-7(16(11,13)14)6-9(8)15-5-1-4-12/h2-3,6,12H,1,4-5,10H2,(H2,11,13,14). The molecule has 0 aliphatic carbocycles. The second-order valence-electron chi connectivity index (χ2n) is 3.17. The van der Waals surface area contributed by atoms with Gasteiger partial charge in [-0.1, -0.05) is 0 Å². The van der Waals surface area contributed by atoms with E-state index < -0.39 is 10.0 Å². The first kappa shape index (κ1) is 13.3. The van der Waals surface area contributed by atoms with Crippen molar-refractivity contribution < 1.29 is 13.5 Å². The van der Waals surface area contributed by atoms with Gasteiger partial charge in [0.1, 0.15) is 0 Å². The fraction of sp³-hybridized carbons (Fsp3) is 0.333. The van der Waals surface area contributed by atoms with Crippen molar-refractivity contribution >= 4 is 27.5 Å². The molecule has 0 amide bonds. The number of primary sulfonamides is 1. The average molecular weight is 262 g/mol. The third kappa shape index (κ3) is 3.67. The van der Waals surface area contributed by atoms with Gasteiger partial charge in [-0.15, -0.1) is 11.8 Å². The Bertz CT molecular complexity index is 460. The van der Waals surface area contributed by atoms with Crippen LogP contribution in [0.15, 0.2) is 28.0 Å². The minimum atomic E-state index is -3.69. The Morgan fingerprint density at radius 1 is 1.38 bits per heavy atom. The van der Waals surface area contributed by atoms with E-state index in [4.69, 9.17) is 16.0 Å². The lowest BCUT2D eigenvalue weighted by Crippen LogP contribution is -2.12. The van der Waals surface area contributed by atoms with Gasteiger partial charge < -0.3 is 10.8 Å². The molecule has 0 spiro atoms. The quantitative estimate of drug-likeness (QED) is 0.404. The molecule has 0 aliphatic rings. The summed E-state index contributed by atoms with van der Waals surface area (Å²) < 4.78 is 22.2. The summed E-state index contributed by atoms with van der Waals surface area (Å²) in [4.78, 5) is 0.716. The molecular weight excluding hydrogens is 248 g/mol. The normalized spacial score (nSPS) is 11.6. The molecule has 0 radical (unpaired) electrons. The molecule has 1 aromatic rings. The van der Waals surface area contributed by atoms with Crippen molar-refractivity contribution in [1.29, 1.82) is 0 Å². The molecule has 0 fully saturated rings. The number of sulfonamides is 1. The Balaban J connectivity index is 2.91. The van der Waals surface area contributed by atoms with Gasteiger partial charge in [0.15, 0.2) is 0 Å². The summed E-state index contributed by atoms with van der Waals surface area (Å²) in [5.74, 6) is 0.675. The van der Waals surface area contributed by atoms with Gasteiger partial charge >= 0.3 is 0 Å². The van der Waals surface area contributed by atoms with Crippen LogP contribution in [0.3, 0.4) is 0 Å². The summed E-state index contributed by atoms with van der Waals surface area (Å²) in [6, 6.07) is 4.34. The van der Waals surface area contributed by atoms with Gasteiger partial charge in [-0.25, -0.2) is 13.6 Å². The summed E-state index contributed by atoms with van der Waals surface area (Å²) in [7, 11) is -3.69. The predicted molar refractivity (Wildman–Crippen MR) is 64.7 cm³/mol. The van der Waals surface area contributed by atoms with Gasteiger partial charge in [0.05, 0.1) is 4.90 Å². The topological polar surface area (TPSA) is 106 Å². The maximum Gasteiger partial charge on any atom is 0.238 e. The first-order chi connectivity index (χ1) is 7.45. The molecule has 0 atom stereocenters. The SMILES string of the molecule is Nc1ccc(S(N)(=O)=O)cc1SCCCO. The van der Waals surface area contributed by atoms with Crippen LogP contribution in [-0.2, 0) is 10.0 Å². The zero-order valence-electron chi connectivity index (χ0n) is 8.59. The number of thioether (sulfide) groups is 1. The highest BCUT2D eigenvalue weighted by atomic mass is 32.2. The lowest BCUT2D eigenvalue weighted by Gasteiger charge is -2.06. The summed E-state index contributed by atoms with van der Waals surface area (Å²) in [5, 5.41) is 13.6. The molecule has 0 saturated carbocycles. The van der Waals surface area contributed by atoms with Crippen LogP contribution in [0.2, 0.25) is 0 Å². The van der Waals surface area contributed by atoms with Gasteiger partial charge in [0.25, 0.3) is 0 Å². The molecule has 90 valence electrons. The van der Waals surface area contributed by atoms with E-state index in [1.807, 2.05) is 0 Å². The largest absolute Gasteiger partial charge is 0.398 e. The molecule has 0 bridgehead atoms. The maximum absolute atomic E-state index is 11.1. The molecule has 7 heteroatoms. The van der Waals surface area contributed by atoms with E-state index in [1.54, 1.807) is 0 Å². The first-order valence-electron chi connectivity index (χ1n) is 4.61. The third-order valence-electron chi connectivity index (χ3n) is 1.87. The number of anilines is 1. The van der Waals surface area contributed by atoms with E-state index in [9.17, 15) is 8.42 Å². The molecule has 5 N–H and O–H groups in total. The van der Waals surface area contributed by atoms with E-state index in [0.29, 0.717) is 22.8 Å². The minimum Gasteiger partial charge on any atom is -0.398 e. The van der Waals surface area contributed by atoms with Crippen LogP contribution in [0.5, 0.6) is 0 Å². The molecule has 0 saturated heterocycles. The number of benzene rings is 1. The van der Waals surface area contributed by atoms with Crippen LogP contribution >= 0.6 is 11.8 Å². The number of aliphatic hydroxyl groups excluding tert-OH is 1. The van der Waals surface area contributed by atoms with Crippen LogP contribution in [0.4, 0.5) is 5.69 Å². The van der Waals surface area contributed by atoms with E-state index in [1.165, 1.54) is 30.0 Å². The van der Waals surface area contributed by atoms with Gasteiger partial charge in [-0.2, -0.15) is 0 Å². The minimum absolute atomic E-state index is 0.0493. The van der Waals surface area contributed by atoms with Crippen LogP contribution < -0.4 is 10.9 Å². The van der Waals surface area contributed by atoms with Crippen molar-refractivity contribution in [2.75, 3.05) is 18.1 Å². The fourth-order valence-corrected chi connectivity index (χ4v) is 2.62. The molecule has 1 rings (SSSR count). The van der Waals surface area contributed by atoms with Crippen molar-refractivity contribution in [3.8, 4) is 0 Å². The number of rotatable bonds is 5. The number of aliphatic hydroxyl groups is 1. The Kier molecular flexibility index (Phi) is 4.60. The average Bonchev–Trinajstić information content (AvgIpc) is 2.19. The summed E-state index contributed by atoms with van der Waals surface area (Å²) in [6.45, 7) is 0.0990. The summed E-state index contributed by atoms with van der Waals surface area (Å²) >= 11 is 1.40. The van der Waals surface area contributed by atoms with Crippen molar-refractivity contribution in [2.45, 2.75) is 16.2 Å². The molecule has 0 aromatic heterocycles. The number of hydrogen-bond acceptors (Lipinski definition) is 5. The van der Waals surface area contributed by atoms with Crippen LogP contribution in [0.25, 0.3) is 0 Å². The zero-order valence-corrected chi connectivity index (χ0v) is 10.2. The lowest BCUT2D eigenvalue weighted by atomic mass is 10.3. The monoisotopic (exact) mass is 262 g/mol. The van der Waals surface area contributed by atoms with Gasteiger partial charge in [-0.05, 0) is 24.6 Å². The molecule has 0 unspecified atom stereocenters. The summed E-state index contributed by atoms with van der Waals surface area (Å²) in [6.07, 6.45) is 0.629. The third-order valence-corrected chi connectivity index (χ3v) is 3.94. The van der Waals surface area contributed by atoms with Crippen LogP contribution in [0, 0.1) is 0 Å². The molecule has 16 heavy (non-hydrogen) atoms. The number of nitrogens with two attached hydrogens (primary N) is 2. The van der Waals surface area contributed by atoms with Gasteiger partial charge in [0.2, 0.25) is 10.0 Å². The Hall–Kier alpha value is -0.760. The smallest absolute Gasteiger partial charge is 0.238 e. The van der Waals surface area contributed by atoms with E-state index in [2.05, 4.69) is 0 Å². The van der Waals surface area contributed by atoms with Crippen LogP contribution in [0.1, 0.15) is 6.42 Å². The molecule has 1 aromatic carbocycles. The van der Waals surface area contributed by atoms with E-state index in [-0.39, 0.29) is 11.5 Å². The van der Waals surface area contributed by atoms with Crippen molar-refractivity contribution in [3.05, 3.63) is 18.2 Å². The molecule has 0 aliphatic heterocycles. The maximum atomic E-state index is 11.1. The molecular formula is C9H14N2O3S2. The second-order valence-corrected chi connectivity index (χ2v) is 5.87. The predicted octanol–water partition coefficient (Wildman–Crippen LogP) is 0.391. The Labute approximate surface area is 98.9 Å². The van der Waals surface area contributed by atoms with E-state index >= 15 is 0 Å². The molecule has 5 nitrogen and oxygen atoms in total. The van der Waals surface area contributed by atoms with E-state index in [0.717, 1.165) is 0 Å². The highest BCUT2D eigenvalue weighted by molar-refractivity contribution is 7.99. The lowest BCUT2D eigenvalue weighted by molar-refractivity contribution is 0.296. The number of hydrogen-bond donors (Lipinski definition) is 3. The van der Waals surface area contributed by atoms with Crippen molar-refractivity contribution in [2.24, 2.45) is 5.14 Å². The number of nitrogen functional groups attached to an aromatic ring is 1. The second kappa shape index (κ2) is 5.53. The summed E-state index contributed by atoms with van der Waals surface area (Å²) in [5.41, 5.74) is 6.21. The zero-order chi connectivity index (χ0) is 12.2. The van der Waals surface area contributed by atoms with Crippen LogP contribution in [-0.4, -0.2) is 25.9 Å². The van der Waals surface area contributed by atoms with Gasteiger partial charge in [-0.3, -0.25) is 0 Å². The highest BCUT2D eigenvalue weighted by Gasteiger charge is 2.10. The van der Waals surface area contributed by atoms with Gasteiger partial charge in [0, 0.05) is 22.9 Å². The highest BCUT2D eigenvalue weighted by Crippen LogP contribution is 2.27. The Morgan fingerprint density at radius 3 is 2.62 bits per heavy atom. The molecule has 0 heterocycles. The fourth-order valence-electron chi connectivity index (χ4n) is 1.06.